The van der Waals surface area contributed by atoms with E-state index in [1.165, 1.54) is 29.6 Å². The molecular formula is C18H17F7N2O6. The van der Waals surface area contributed by atoms with Gasteiger partial charge in [0.25, 0.3) is 0 Å². The smallest absolute Gasteiger partial charge is 0.408 e. The van der Waals surface area contributed by atoms with E-state index in [9.17, 15) is 49.9 Å². The number of Topliss-reactive ketones (excluding diaryl/α,β-unsaturated/α-hetero) is 1. The molecule has 2 unspecified atom stereocenters. The van der Waals surface area contributed by atoms with Gasteiger partial charge in [-0.15, -0.1) is 0 Å². The monoisotopic (exact) mass is 490 g/mol. The molecule has 0 bridgehead atoms. The number of carboxylic acid groups (broad SMARTS) is 1. The lowest BCUT2D eigenvalue weighted by Gasteiger charge is -2.31. The van der Waals surface area contributed by atoms with Crippen LogP contribution in [0.15, 0.2) is 30.3 Å². The molecule has 33 heavy (non-hydrogen) atoms. The van der Waals surface area contributed by atoms with Crippen LogP contribution >= 0.6 is 0 Å². The maximum atomic E-state index is 13.2. The Morgan fingerprint density at radius 3 is 1.94 bits per heavy atom. The van der Waals surface area contributed by atoms with Crippen molar-refractivity contribution in [1.29, 1.82) is 0 Å². The Bertz CT molecular complexity index is 831. The van der Waals surface area contributed by atoms with E-state index < -0.39 is 73.8 Å². The summed E-state index contributed by atoms with van der Waals surface area (Å²) in [6.45, 7) is -2.44. The maximum Gasteiger partial charge on any atom is 0.408 e. The van der Waals surface area contributed by atoms with Crippen molar-refractivity contribution in [1.82, 2.24) is 10.6 Å². The van der Waals surface area contributed by atoms with Gasteiger partial charge in [0.1, 0.15) is 25.4 Å². The Morgan fingerprint density at radius 1 is 0.939 bits per heavy atom. The van der Waals surface area contributed by atoms with E-state index in [1.54, 1.807) is 6.07 Å². The molecule has 2 amide bonds. The Hall–Kier alpha value is -3.39. The molecule has 0 spiro atoms. The van der Waals surface area contributed by atoms with Gasteiger partial charge in [-0.25, -0.2) is 9.18 Å². The van der Waals surface area contributed by atoms with Crippen molar-refractivity contribution in [3.8, 4) is 0 Å². The first-order chi connectivity index (χ1) is 15.2. The summed E-state index contributed by atoms with van der Waals surface area (Å²) in [6, 6.07) is 1.72. The fourth-order valence-corrected chi connectivity index (χ4v) is 2.53. The number of benzene rings is 1. The summed E-state index contributed by atoms with van der Waals surface area (Å²) < 4.78 is 96.3. The van der Waals surface area contributed by atoms with Crippen LogP contribution in [0, 0.1) is 5.92 Å². The zero-order valence-corrected chi connectivity index (χ0v) is 16.4. The Kier molecular flexibility index (Phi) is 9.61. The largest absolute Gasteiger partial charge is 0.481 e. The van der Waals surface area contributed by atoms with Crippen molar-refractivity contribution in [2.24, 2.45) is 5.92 Å². The van der Waals surface area contributed by atoms with E-state index in [-0.39, 0.29) is 0 Å². The number of hydrogen-bond acceptors (Lipinski definition) is 5. The zero-order valence-electron chi connectivity index (χ0n) is 16.4. The summed E-state index contributed by atoms with van der Waals surface area (Å²) in [5.74, 6) is -10.1. The molecule has 0 aliphatic heterocycles. The molecule has 3 N–H and O–H groups in total. The summed E-state index contributed by atoms with van der Waals surface area (Å²) in [6.07, 6.45) is -15.4. The molecule has 1 aromatic carbocycles. The summed E-state index contributed by atoms with van der Waals surface area (Å²) in [7, 11) is 0. The standard InChI is InChI=1S/C18H17F7N2O6/c19-7-11(28)10(6-12(29)30)26-15(31)13(14(17(20,21)22)18(23,24)25)27-16(32)33-8-9-4-2-1-3-5-9/h1-5,10,13-14H,6-8H2,(H,26,31)(H,27,32)(H,29,30). The van der Waals surface area contributed by atoms with Crippen molar-refractivity contribution in [2.45, 2.75) is 37.5 Å². The van der Waals surface area contributed by atoms with Gasteiger partial charge in [0, 0.05) is 0 Å². The number of ether oxygens (including phenoxy) is 1. The van der Waals surface area contributed by atoms with Crippen LogP contribution in [0.2, 0.25) is 0 Å². The topological polar surface area (TPSA) is 122 Å². The summed E-state index contributed by atoms with van der Waals surface area (Å²) in [4.78, 5) is 46.3. The number of ketones is 1. The van der Waals surface area contributed by atoms with E-state index in [2.05, 4.69) is 4.74 Å². The lowest BCUT2D eigenvalue weighted by molar-refractivity contribution is -0.289. The van der Waals surface area contributed by atoms with Gasteiger partial charge < -0.3 is 20.5 Å². The number of carbonyl (C=O) groups is 4. The highest BCUT2D eigenvalue weighted by Gasteiger charge is 2.62. The first kappa shape index (κ1) is 27.6. The van der Waals surface area contributed by atoms with Crippen LogP contribution in [-0.4, -0.2) is 60.0 Å². The first-order valence-corrected chi connectivity index (χ1v) is 8.88. The molecule has 0 fully saturated rings. The number of carboxylic acids is 1. The number of hydrogen-bond donors (Lipinski definition) is 3. The van der Waals surface area contributed by atoms with Gasteiger partial charge >= 0.3 is 24.4 Å². The van der Waals surface area contributed by atoms with Crippen molar-refractivity contribution >= 4 is 23.8 Å². The quantitative estimate of drug-likeness (QED) is 0.434. The van der Waals surface area contributed by atoms with Crippen molar-refractivity contribution in [3.05, 3.63) is 35.9 Å². The molecule has 0 aliphatic rings. The normalized spacial score (nSPS) is 13.7. The summed E-state index contributed by atoms with van der Waals surface area (Å²) in [5.41, 5.74) is 0.312. The summed E-state index contributed by atoms with van der Waals surface area (Å²) in [5, 5.41) is 11.2. The molecule has 1 aromatic rings. The van der Waals surface area contributed by atoms with Crippen LogP contribution in [0.3, 0.4) is 0 Å². The first-order valence-electron chi connectivity index (χ1n) is 8.88. The number of nitrogens with one attached hydrogen (secondary N) is 2. The molecule has 15 heteroatoms. The second-order valence-electron chi connectivity index (χ2n) is 6.50. The third kappa shape index (κ3) is 8.94. The van der Waals surface area contributed by atoms with Crippen LogP contribution in [0.4, 0.5) is 35.5 Å². The molecule has 0 aliphatic carbocycles. The number of aliphatic carboxylic acids is 1. The highest BCUT2D eigenvalue weighted by atomic mass is 19.4. The molecule has 8 nitrogen and oxygen atoms in total. The second-order valence-corrected chi connectivity index (χ2v) is 6.50. The zero-order chi connectivity index (χ0) is 25.4. The van der Waals surface area contributed by atoms with Crippen molar-refractivity contribution in [3.63, 3.8) is 0 Å². The van der Waals surface area contributed by atoms with Gasteiger partial charge in [0.2, 0.25) is 5.91 Å². The van der Waals surface area contributed by atoms with Crippen LogP contribution in [0.1, 0.15) is 12.0 Å². The van der Waals surface area contributed by atoms with Crippen LogP contribution in [0.5, 0.6) is 0 Å². The van der Waals surface area contributed by atoms with E-state index in [1.807, 2.05) is 0 Å². The number of halogens is 7. The predicted octanol–water partition coefficient (Wildman–Crippen LogP) is 2.52. The molecule has 0 aromatic heterocycles. The molecule has 0 heterocycles. The van der Waals surface area contributed by atoms with Crippen molar-refractivity contribution < 1.29 is 59.8 Å². The van der Waals surface area contributed by atoms with Gasteiger partial charge in [-0.1, -0.05) is 30.3 Å². The predicted molar refractivity (Wildman–Crippen MR) is 94.3 cm³/mol. The third-order valence-corrected chi connectivity index (χ3v) is 4.02. The average Bonchev–Trinajstić information content (AvgIpc) is 2.69. The highest BCUT2D eigenvalue weighted by Crippen LogP contribution is 2.41. The van der Waals surface area contributed by atoms with Crippen LogP contribution in [0.25, 0.3) is 0 Å². The second kappa shape index (κ2) is 11.5. The van der Waals surface area contributed by atoms with Crippen LogP contribution < -0.4 is 10.6 Å². The van der Waals surface area contributed by atoms with Gasteiger partial charge in [0.05, 0.1) is 6.42 Å². The number of amides is 2. The number of rotatable bonds is 10. The fraction of sp³-hybridized carbons (Fsp3) is 0.444. The van der Waals surface area contributed by atoms with E-state index in [0.717, 1.165) is 5.32 Å². The molecular weight excluding hydrogens is 473 g/mol. The lowest BCUT2D eigenvalue weighted by atomic mass is 9.96. The highest BCUT2D eigenvalue weighted by molar-refractivity contribution is 5.94. The Labute approximate surface area is 181 Å². The minimum atomic E-state index is -6.11. The molecule has 1 rings (SSSR count). The summed E-state index contributed by atoms with van der Waals surface area (Å²) >= 11 is 0. The van der Waals surface area contributed by atoms with Crippen molar-refractivity contribution in [2.75, 3.05) is 6.67 Å². The average molecular weight is 490 g/mol. The van der Waals surface area contributed by atoms with E-state index >= 15 is 0 Å². The Balaban J connectivity index is 3.19. The molecule has 2 atom stereocenters. The SMILES string of the molecule is O=C(O)CC(NC(=O)C(NC(=O)OCc1ccccc1)C(C(F)(F)F)C(F)(F)F)C(=O)CF. The number of alkyl halides is 7. The minimum Gasteiger partial charge on any atom is -0.481 e. The number of carbonyl (C=O) groups excluding carboxylic acids is 3. The van der Waals surface area contributed by atoms with Gasteiger partial charge in [-0.05, 0) is 5.56 Å². The number of alkyl carbamates (subject to hydrolysis) is 1. The van der Waals surface area contributed by atoms with Gasteiger partial charge in [-0.3, -0.25) is 14.4 Å². The third-order valence-electron chi connectivity index (χ3n) is 4.02. The fourth-order valence-electron chi connectivity index (χ4n) is 2.53. The molecule has 0 radical (unpaired) electrons. The molecule has 0 saturated carbocycles. The minimum absolute atomic E-state index is 0.312. The molecule has 0 saturated heterocycles. The Morgan fingerprint density at radius 2 is 1.48 bits per heavy atom. The lowest BCUT2D eigenvalue weighted by Crippen LogP contribution is -2.61. The van der Waals surface area contributed by atoms with Gasteiger partial charge in [-0.2, -0.15) is 26.3 Å². The maximum absolute atomic E-state index is 13.2. The van der Waals surface area contributed by atoms with Gasteiger partial charge in [0.15, 0.2) is 11.7 Å². The molecule has 184 valence electrons. The van der Waals surface area contributed by atoms with E-state index in [4.69, 9.17) is 5.11 Å². The van der Waals surface area contributed by atoms with E-state index in [0.29, 0.717) is 5.56 Å². The van der Waals surface area contributed by atoms with Crippen LogP contribution in [-0.2, 0) is 25.7 Å².